The Labute approximate surface area is 120 Å². The fourth-order valence-corrected chi connectivity index (χ4v) is 2.73. The van der Waals surface area contributed by atoms with Crippen LogP contribution in [0.4, 0.5) is 5.00 Å². The van der Waals surface area contributed by atoms with Crippen molar-refractivity contribution in [2.45, 2.75) is 32.6 Å². The van der Waals surface area contributed by atoms with Gasteiger partial charge in [0.05, 0.1) is 12.7 Å². The number of hydrogen-bond acceptors (Lipinski definition) is 6. The van der Waals surface area contributed by atoms with Gasteiger partial charge in [-0.05, 0) is 18.9 Å². The van der Waals surface area contributed by atoms with Gasteiger partial charge in [0.15, 0.2) is 0 Å². The molecule has 0 aliphatic carbocycles. The van der Waals surface area contributed by atoms with Crippen molar-refractivity contribution in [2.24, 2.45) is 0 Å². The summed E-state index contributed by atoms with van der Waals surface area (Å²) in [6.45, 7) is 2.01. The summed E-state index contributed by atoms with van der Waals surface area (Å²) in [4.78, 5) is 34.5. The van der Waals surface area contributed by atoms with Crippen molar-refractivity contribution in [3.63, 3.8) is 0 Å². The van der Waals surface area contributed by atoms with Crippen LogP contribution in [0.25, 0.3) is 0 Å². The molecule has 110 valence electrons. The van der Waals surface area contributed by atoms with Crippen LogP contribution in [0, 0.1) is 0 Å². The summed E-state index contributed by atoms with van der Waals surface area (Å²) >= 11 is 1.29. The van der Waals surface area contributed by atoms with Crippen molar-refractivity contribution in [2.75, 3.05) is 12.4 Å². The second-order valence-electron chi connectivity index (χ2n) is 4.12. The zero-order chi connectivity index (χ0) is 15.1. The van der Waals surface area contributed by atoms with Crippen molar-refractivity contribution >= 4 is 34.2 Å². The molecule has 1 amide bonds. The van der Waals surface area contributed by atoms with Gasteiger partial charge in [-0.2, -0.15) is 0 Å². The Kier molecular flexibility index (Phi) is 6.17. The number of amides is 1. The van der Waals surface area contributed by atoms with Gasteiger partial charge >= 0.3 is 5.97 Å². The van der Waals surface area contributed by atoms with Crippen LogP contribution in [-0.4, -0.2) is 25.0 Å². The minimum Gasteiger partial charge on any atom is -0.550 e. The minimum absolute atomic E-state index is 0.191. The first-order chi connectivity index (χ1) is 9.47. The van der Waals surface area contributed by atoms with E-state index >= 15 is 0 Å². The molecule has 1 heterocycles. The molecule has 1 aromatic rings. The van der Waals surface area contributed by atoms with Gasteiger partial charge in [0, 0.05) is 17.3 Å². The Morgan fingerprint density at radius 1 is 1.35 bits per heavy atom. The number of thiophene rings is 1. The summed E-state index contributed by atoms with van der Waals surface area (Å²) in [7, 11) is 1.27. The van der Waals surface area contributed by atoms with Gasteiger partial charge in [0.25, 0.3) is 0 Å². The number of ether oxygens (including phenoxy) is 1. The number of rotatable bonds is 7. The lowest BCUT2D eigenvalue weighted by Gasteiger charge is -2.05. The van der Waals surface area contributed by atoms with Crippen molar-refractivity contribution in [3.05, 3.63) is 16.5 Å². The predicted octanol–water partition coefficient (Wildman–Crippen LogP) is 0.956. The normalized spacial score (nSPS) is 10.1. The van der Waals surface area contributed by atoms with E-state index in [0.717, 1.165) is 17.7 Å². The number of carbonyl (C=O) groups excluding carboxylic acids is 3. The Morgan fingerprint density at radius 2 is 2.05 bits per heavy atom. The number of carbonyl (C=O) groups is 3. The van der Waals surface area contributed by atoms with E-state index in [1.807, 2.05) is 6.92 Å². The van der Waals surface area contributed by atoms with Crippen LogP contribution in [0.1, 0.15) is 41.4 Å². The third-order valence-electron chi connectivity index (χ3n) is 2.49. The monoisotopic (exact) mass is 298 g/mol. The quantitative estimate of drug-likeness (QED) is 0.756. The highest BCUT2D eigenvalue weighted by molar-refractivity contribution is 7.16. The third kappa shape index (κ3) is 4.65. The van der Waals surface area contributed by atoms with Crippen molar-refractivity contribution < 1.29 is 24.2 Å². The Bertz CT molecular complexity index is 509. The molecule has 0 aliphatic rings. The molecule has 0 saturated heterocycles. The van der Waals surface area contributed by atoms with Gasteiger partial charge in [-0.1, -0.05) is 13.3 Å². The number of aliphatic carboxylic acids is 1. The topological polar surface area (TPSA) is 95.5 Å². The number of carboxylic acids is 1. The molecule has 6 nitrogen and oxygen atoms in total. The van der Waals surface area contributed by atoms with Crippen molar-refractivity contribution in [3.8, 4) is 0 Å². The van der Waals surface area contributed by atoms with Gasteiger partial charge in [-0.25, -0.2) is 4.79 Å². The van der Waals surface area contributed by atoms with E-state index in [2.05, 4.69) is 10.1 Å². The molecule has 1 N–H and O–H groups in total. The summed E-state index contributed by atoms with van der Waals surface area (Å²) in [6.07, 6.45) is 1.17. The number of nitrogens with one attached hydrogen (secondary N) is 1. The van der Waals surface area contributed by atoms with Crippen molar-refractivity contribution in [1.82, 2.24) is 0 Å². The number of esters is 1. The predicted molar refractivity (Wildman–Crippen MR) is 72.5 cm³/mol. The molecule has 1 aromatic heterocycles. The molecule has 0 saturated carbocycles. The number of carboxylic acid groups (broad SMARTS) is 1. The van der Waals surface area contributed by atoms with Crippen LogP contribution in [-0.2, 0) is 20.7 Å². The smallest absolute Gasteiger partial charge is 0.340 e. The van der Waals surface area contributed by atoms with Crippen LogP contribution >= 0.6 is 11.3 Å². The lowest BCUT2D eigenvalue weighted by atomic mass is 10.2. The van der Waals surface area contributed by atoms with Crippen LogP contribution in [0.3, 0.4) is 0 Å². The summed E-state index contributed by atoms with van der Waals surface area (Å²) in [5.41, 5.74) is 0.294. The van der Waals surface area contributed by atoms with Gasteiger partial charge in [-0.3, -0.25) is 4.79 Å². The number of methoxy groups -OCH3 is 1. The fourth-order valence-electron chi connectivity index (χ4n) is 1.57. The highest BCUT2D eigenvalue weighted by atomic mass is 32.1. The molecule has 0 unspecified atom stereocenters. The highest BCUT2D eigenvalue weighted by Gasteiger charge is 2.18. The van der Waals surface area contributed by atoms with Gasteiger partial charge < -0.3 is 20.0 Å². The zero-order valence-corrected chi connectivity index (χ0v) is 12.2. The summed E-state index contributed by atoms with van der Waals surface area (Å²) in [5, 5.41) is 13.2. The van der Waals surface area contributed by atoms with Gasteiger partial charge in [0.2, 0.25) is 5.91 Å². The molecule has 1 rings (SSSR count). The second kappa shape index (κ2) is 7.64. The Balaban J connectivity index is 2.83. The number of anilines is 1. The molecule has 0 spiro atoms. The molecule has 0 aromatic carbocycles. The van der Waals surface area contributed by atoms with Crippen molar-refractivity contribution in [1.29, 1.82) is 0 Å². The molecule has 0 atom stereocenters. The van der Waals surface area contributed by atoms with Crippen LogP contribution < -0.4 is 10.4 Å². The standard InChI is InChI=1S/C13H17NO5S/c1-3-4-8-7-9(13(18)19-2)12(20-8)14-10(15)5-6-11(16)17/h7H,3-6H2,1-2H3,(H,14,15)(H,16,17)/p-1. The van der Waals surface area contributed by atoms with E-state index in [9.17, 15) is 19.5 Å². The van der Waals surface area contributed by atoms with Gasteiger partial charge in [-0.15, -0.1) is 11.3 Å². The van der Waals surface area contributed by atoms with Crippen LogP contribution in [0.15, 0.2) is 6.07 Å². The first-order valence-corrected chi connectivity index (χ1v) is 7.00. The maximum absolute atomic E-state index is 11.6. The first kappa shape index (κ1) is 16.2. The van der Waals surface area contributed by atoms with E-state index in [-0.39, 0.29) is 12.8 Å². The molecule has 20 heavy (non-hydrogen) atoms. The first-order valence-electron chi connectivity index (χ1n) is 6.18. The average molecular weight is 298 g/mol. The maximum Gasteiger partial charge on any atom is 0.340 e. The molecular formula is C13H16NO5S-. The molecule has 0 radical (unpaired) electrons. The highest BCUT2D eigenvalue weighted by Crippen LogP contribution is 2.29. The second-order valence-corrected chi connectivity index (χ2v) is 5.25. The molecule has 0 bridgehead atoms. The summed E-state index contributed by atoms with van der Waals surface area (Å²) in [5.74, 6) is -2.28. The lowest BCUT2D eigenvalue weighted by molar-refractivity contribution is -0.305. The maximum atomic E-state index is 11.6. The number of aryl methyl sites for hydroxylation is 1. The van der Waals surface area contributed by atoms with E-state index < -0.39 is 17.8 Å². The average Bonchev–Trinajstić information content (AvgIpc) is 2.78. The molecule has 0 fully saturated rings. The van der Waals surface area contributed by atoms with E-state index in [0.29, 0.717) is 10.6 Å². The minimum atomic E-state index is -1.29. The number of hydrogen-bond donors (Lipinski definition) is 1. The van der Waals surface area contributed by atoms with E-state index in [4.69, 9.17) is 0 Å². The van der Waals surface area contributed by atoms with E-state index in [1.165, 1.54) is 18.4 Å². The van der Waals surface area contributed by atoms with Gasteiger partial charge in [0.1, 0.15) is 5.00 Å². The van der Waals surface area contributed by atoms with Crippen LogP contribution in [0.2, 0.25) is 0 Å². The summed E-state index contributed by atoms with van der Waals surface area (Å²) in [6, 6.07) is 1.69. The third-order valence-corrected chi connectivity index (χ3v) is 3.60. The van der Waals surface area contributed by atoms with Crippen LogP contribution in [0.5, 0.6) is 0 Å². The summed E-state index contributed by atoms with van der Waals surface area (Å²) < 4.78 is 4.66. The Hall–Kier alpha value is -1.89. The fraction of sp³-hybridized carbons (Fsp3) is 0.462. The SMILES string of the molecule is CCCc1cc(C(=O)OC)c(NC(=O)CCC(=O)[O-])s1. The zero-order valence-electron chi connectivity index (χ0n) is 11.4. The molecule has 7 heteroatoms. The molecular weight excluding hydrogens is 282 g/mol. The molecule has 0 aliphatic heterocycles. The Morgan fingerprint density at radius 3 is 2.60 bits per heavy atom. The lowest BCUT2D eigenvalue weighted by Crippen LogP contribution is -2.24. The largest absolute Gasteiger partial charge is 0.550 e. The van der Waals surface area contributed by atoms with E-state index in [1.54, 1.807) is 6.07 Å².